The Hall–Kier alpha value is -3.67. The normalized spacial score (nSPS) is 10.6. The summed E-state index contributed by atoms with van der Waals surface area (Å²) in [6.07, 6.45) is 3.23. The van der Waals surface area contributed by atoms with E-state index in [-0.39, 0.29) is 5.41 Å². The van der Waals surface area contributed by atoms with Gasteiger partial charge >= 0.3 is 0 Å². The average molecular weight is 354 g/mol. The van der Waals surface area contributed by atoms with Crippen molar-refractivity contribution in [3.8, 4) is 23.1 Å². The fourth-order valence-electron chi connectivity index (χ4n) is 3.02. The predicted octanol–water partition coefficient (Wildman–Crippen LogP) is 5.51. The minimum Gasteiger partial charge on any atom is -0.388 e. The van der Waals surface area contributed by atoms with Gasteiger partial charge in [0.05, 0.1) is 5.69 Å². The van der Waals surface area contributed by atoms with Gasteiger partial charge < -0.3 is 4.74 Å². The van der Waals surface area contributed by atoms with Gasteiger partial charge in [0.1, 0.15) is 5.75 Å². The first-order valence-electron chi connectivity index (χ1n) is 8.50. The summed E-state index contributed by atoms with van der Waals surface area (Å²) in [6, 6.07) is 23.4. The lowest BCUT2D eigenvalue weighted by molar-refractivity contribution is 0.507. The summed E-state index contributed by atoms with van der Waals surface area (Å²) < 4.78 is 4.81. The molecule has 0 bridgehead atoms. The zero-order valence-corrected chi connectivity index (χ0v) is 15.1. The van der Waals surface area contributed by atoms with Crippen LogP contribution in [-0.2, 0) is 10.2 Å². The number of nitrogens with zero attached hydrogens (tertiary/aromatic N) is 2. The van der Waals surface area contributed by atoms with Crippen molar-refractivity contribution >= 4 is 11.8 Å². The van der Waals surface area contributed by atoms with Crippen molar-refractivity contribution in [2.45, 2.75) is 19.3 Å². The molecule has 0 N–H and O–H groups in total. The van der Waals surface area contributed by atoms with E-state index < -0.39 is 0 Å². The van der Waals surface area contributed by atoms with E-state index in [2.05, 4.69) is 43.1 Å². The summed E-state index contributed by atoms with van der Waals surface area (Å²) in [6.45, 7) is 4.32. The Kier molecular flexibility index (Phi) is 5.17. The second-order valence-corrected chi connectivity index (χ2v) is 6.67. The van der Waals surface area contributed by atoms with Gasteiger partial charge in [0.15, 0.2) is 0 Å². The fourth-order valence-corrected chi connectivity index (χ4v) is 3.02. The minimum absolute atomic E-state index is 0.188. The van der Waals surface area contributed by atoms with Crippen molar-refractivity contribution in [1.29, 1.82) is 5.26 Å². The maximum atomic E-state index is 10.4. The Balaban J connectivity index is 1.85. The molecule has 0 saturated carbocycles. The summed E-state index contributed by atoms with van der Waals surface area (Å²) in [5, 5.41) is 8.55. The molecule has 0 fully saturated rings. The lowest BCUT2D eigenvalue weighted by atomic mass is 9.78. The molecule has 0 aliphatic heterocycles. The highest BCUT2D eigenvalue weighted by molar-refractivity contribution is 5.65. The van der Waals surface area contributed by atoms with E-state index in [0.717, 1.165) is 16.7 Å². The number of aliphatic imine (C=N–C) groups is 1. The van der Waals surface area contributed by atoms with Crippen LogP contribution in [0.15, 0.2) is 77.8 Å². The van der Waals surface area contributed by atoms with E-state index in [9.17, 15) is 4.79 Å². The van der Waals surface area contributed by atoms with Gasteiger partial charge in [-0.05, 0) is 46.5 Å². The number of rotatable bonds is 5. The van der Waals surface area contributed by atoms with Crippen molar-refractivity contribution in [2.24, 2.45) is 4.99 Å². The van der Waals surface area contributed by atoms with Crippen LogP contribution in [0.5, 0.6) is 5.75 Å². The summed E-state index contributed by atoms with van der Waals surface area (Å²) in [5.74, 6) is 0.529. The minimum atomic E-state index is -0.188. The third-order valence-electron chi connectivity index (χ3n) is 4.72. The zero-order valence-electron chi connectivity index (χ0n) is 15.1. The van der Waals surface area contributed by atoms with Gasteiger partial charge in [-0.25, -0.2) is 4.79 Å². The Bertz CT molecular complexity index is 1010. The molecular formula is C23H18N2O2. The van der Waals surface area contributed by atoms with E-state index in [1.54, 1.807) is 24.5 Å². The van der Waals surface area contributed by atoms with Gasteiger partial charge in [-0.15, -0.1) is 5.26 Å². The summed E-state index contributed by atoms with van der Waals surface area (Å²) in [4.78, 5) is 14.0. The predicted molar refractivity (Wildman–Crippen MR) is 104 cm³/mol. The molecule has 0 spiro atoms. The smallest absolute Gasteiger partial charge is 0.292 e. The largest absolute Gasteiger partial charge is 0.388 e. The summed E-state index contributed by atoms with van der Waals surface area (Å²) >= 11 is 0. The molecular weight excluding hydrogens is 336 g/mol. The van der Waals surface area contributed by atoms with E-state index >= 15 is 0 Å². The van der Waals surface area contributed by atoms with Crippen molar-refractivity contribution in [2.75, 3.05) is 0 Å². The maximum Gasteiger partial charge on any atom is 0.292 e. The number of ether oxygens (including phenoxy) is 1. The van der Waals surface area contributed by atoms with Crippen LogP contribution in [0.1, 0.15) is 25.0 Å². The van der Waals surface area contributed by atoms with Crippen molar-refractivity contribution in [3.63, 3.8) is 0 Å². The molecule has 0 unspecified atom stereocenters. The van der Waals surface area contributed by atoms with Crippen LogP contribution < -0.4 is 4.74 Å². The van der Waals surface area contributed by atoms with E-state index in [1.807, 2.05) is 36.4 Å². The van der Waals surface area contributed by atoms with E-state index in [1.165, 1.54) is 5.56 Å². The molecule has 0 aromatic heterocycles. The van der Waals surface area contributed by atoms with Crippen molar-refractivity contribution < 1.29 is 9.53 Å². The first kappa shape index (κ1) is 18.1. The first-order chi connectivity index (χ1) is 13.0. The van der Waals surface area contributed by atoms with Gasteiger partial charge in [-0.3, -0.25) is 0 Å². The third-order valence-corrected chi connectivity index (χ3v) is 4.72. The topological polar surface area (TPSA) is 62.4 Å². The van der Waals surface area contributed by atoms with E-state index in [4.69, 9.17) is 10.00 Å². The third kappa shape index (κ3) is 3.95. The number of nitriles is 1. The van der Waals surface area contributed by atoms with Gasteiger partial charge in [-0.2, -0.15) is 4.99 Å². The first-order valence-corrected chi connectivity index (χ1v) is 8.50. The van der Waals surface area contributed by atoms with Crippen molar-refractivity contribution in [3.05, 3.63) is 83.9 Å². The molecule has 0 amide bonds. The highest BCUT2D eigenvalue weighted by Gasteiger charge is 2.23. The highest BCUT2D eigenvalue weighted by Crippen LogP contribution is 2.34. The number of isocyanates is 1. The Morgan fingerprint density at radius 1 is 0.815 bits per heavy atom. The van der Waals surface area contributed by atoms with Crippen LogP contribution in [-0.4, -0.2) is 6.08 Å². The van der Waals surface area contributed by atoms with Gasteiger partial charge in [0.25, 0.3) is 6.26 Å². The number of hydrogen-bond acceptors (Lipinski definition) is 4. The average Bonchev–Trinajstić information content (AvgIpc) is 2.70. The molecule has 4 heteroatoms. The Morgan fingerprint density at radius 3 is 1.78 bits per heavy atom. The van der Waals surface area contributed by atoms with Crippen molar-refractivity contribution in [1.82, 2.24) is 0 Å². The monoisotopic (exact) mass is 354 g/mol. The standard InChI is InChI=1S/C23H18N2O2/c1-23(2,20-9-11-21(12-10-20)25-16-26)19-7-3-17(4-8-19)18-5-13-22(14-6-18)27-15-24/h3-14H,1-2H3. The van der Waals surface area contributed by atoms with Crippen LogP contribution in [0.2, 0.25) is 0 Å². The Labute approximate surface area is 158 Å². The molecule has 0 heterocycles. The SMILES string of the molecule is CC(C)(c1ccc(N=C=O)cc1)c1ccc(-c2ccc(OC#N)cc2)cc1. The molecule has 132 valence electrons. The van der Waals surface area contributed by atoms with Crippen LogP contribution >= 0.6 is 0 Å². The molecule has 0 aliphatic rings. The second-order valence-electron chi connectivity index (χ2n) is 6.67. The molecule has 0 saturated heterocycles. The molecule has 3 rings (SSSR count). The molecule has 0 aliphatic carbocycles. The van der Waals surface area contributed by atoms with Gasteiger partial charge in [-0.1, -0.05) is 62.4 Å². The van der Waals surface area contributed by atoms with Gasteiger partial charge in [0, 0.05) is 5.41 Å². The zero-order chi connectivity index (χ0) is 19.3. The molecule has 27 heavy (non-hydrogen) atoms. The second kappa shape index (κ2) is 7.70. The molecule has 3 aromatic rings. The van der Waals surface area contributed by atoms with Gasteiger partial charge in [0.2, 0.25) is 6.08 Å². The highest BCUT2D eigenvalue weighted by atomic mass is 16.5. The number of benzene rings is 3. The maximum absolute atomic E-state index is 10.4. The molecule has 4 nitrogen and oxygen atoms in total. The lowest BCUT2D eigenvalue weighted by Gasteiger charge is -2.26. The molecule has 0 radical (unpaired) electrons. The quantitative estimate of drug-likeness (QED) is 0.345. The molecule has 3 aromatic carbocycles. The van der Waals surface area contributed by atoms with Crippen LogP contribution in [0.25, 0.3) is 11.1 Å². The summed E-state index contributed by atoms with van der Waals surface area (Å²) in [5.41, 5.74) is 4.88. The molecule has 0 atom stereocenters. The Morgan fingerprint density at radius 2 is 1.30 bits per heavy atom. The lowest BCUT2D eigenvalue weighted by Crippen LogP contribution is -2.18. The van der Waals surface area contributed by atoms with Crippen LogP contribution in [0, 0.1) is 11.5 Å². The van der Waals surface area contributed by atoms with Crippen LogP contribution in [0.4, 0.5) is 5.69 Å². The number of carbonyl (C=O) groups excluding carboxylic acids is 1. The fraction of sp³-hybridized carbons (Fsp3) is 0.130. The summed E-state index contributed by atoms with van der Waals surface area (Å²) in [7, 11) is 0. The number of hydrogen-bond donors (Lipinski definition) is 0. The van der Waals surface area contributed by atoms with Crippen LogP contribution in [0.3, 0.4) is 0 Å². The van der Waals surface area contributed by atoms with E-state index in [0.29, 0.717) is 11.4 Å².